The summed E-state index contributed by atoms with van der Waals surface area (Å²) in [5.41, 5.74) is 9.05. The monoisotopic (exact) mass is 399 g/mol. The largest absolute Gasteiger partial charge is 0.383 e. The molecule has 0 spiro atoms. The predicted molar refractivity (Wildman–Crippen MR) is 87.8 cm³/mol. The van der Waals surface area contributed by atoms with Crippen LogP contribution in [0.25, 0.3) is 16.2 Å². The Morgan fingerprint density at radius 1 is 1.21 bits per heavy atom. The molecule has 0 saturated carbocycles. The molecular formula is C13H11Br2N3S. The summed E-state index contributed by atoms with van der Waals surface area (Å²) in [5, 5.41) is 0. The standard InChI is InChI=1S/C13H11Br2N3S/c1-6-8(14)3-4-11-17-12(13(16)18(6)11)10-5-9(15)7(2)19-10/h3-5H,16H2,1-2H3. The van der Waals surface area contributed by atoms with E-state index < -0.39 is 0 Å². The van der Waals surface area contributed by atoms with Gasteiger partial charge in [0.25, 0.3) is 0 Å². The lowest BCUT2D eigenvalue weighted by Crippen LogP contribution is -1.98. The van der Waals surface area contributed by atoms with Crippen LogP contribution in [0.15, 0.2) is 27.1 Å². The van der Waals surface area contributed by atoms with Crippen molar-refractivity contribution in [1.82, 2.24) is 9.38 Å². The molecule has 0 atom stereocenters. The van der Waals surface area contributed by atoms with Crippen LogP contribution in [0.2, 0.25) is 0 Å². The SMILES string of the molecule is Cc1sc(-c2nc3ccc(Br)c(C)n3c2N)cc1Br. The van der Waals surface area contributed by atoms with Crippen LogP contribution in [-0.4, -0.2) is 9.38 Å². The summed E-state index contributed by atoms with van der Waals surface area (Å²) in [6.07, 6.45) is 0. The third kappa shape index (κ3) is 2.02. The second-order valence-electron chi connectivity index (χ2n) is 4.32. The summed E-state index contributed by atoms with van der Waals surface area (Å²) in [6, 6.07) is 6.03. The van der Waals surface area contributed by atoms with Gasteiger partial charge in [-0.05, 0) is 63.9 Å². The van der Waals surface area contributed by atoms with Gasteiger partial charge in [0.15, 0.2) is 0 Å². The van der Waals surface area contributed by atoms with E-state index >= 15 is 0 Å². The van der Waals surface area contributed by atoms with Crippen LogP contribution < -0.4 is 5.73 Å². The maximum absolute atomic E-state index is 6.27. The Balaban J connectivity index is 2.31. The Bertz CT molecular complexity index is 769. The van der Waals surface area contributed by atoms with Gasteiger partial charge in [0, 0.05) is 19.5 Å². The third-order valence-corrected chi connectivity index (χ3v) is 6.07. The summed E-state index contributed by atoms with van der Waals surface area (Å²) >= 11 is 8.75. The molecule has 0 fully saturated rings. The normalized spacial score (nSPS) is 11.4. The molecule has 3 heterocycles. The Hall–Kier alpha value is -0.850. The van der Waals surface area contributed by atoms with E-state index in [9.17, 15) is 0 Å². The number of fused-ring (bicyclic) bond motifs is 1. The molecule has 98 valence electrons. The molecule has 0 aromatic carbocycles. The molecule has 3 aromatic rings. The second-order valence-corrected chi connectivity index (χ2v) is 7.29. The number of nitrogens with two attached hydrogens (primary N) is 1. The molecule has 2 N–H and O–H groups in total. The molecule has 0 aliphatic rings. The van der Waals surface area contributed by atoms with Gasteiger partial charge in [0.1, 0.15) is 17.2 Å². The number of thiophene rings is 1. The van der Waals surface area contributed by atoms with Crippen molar-refractivity contribution in [2.75, 3.05) is 5.73 Å². The van der Waals surface area contributed by atoms with Crippen molar-refractivity contribution in [3.05, 3.63) is 37.7 Å². The number of nitrogen functional groups attached to an aromatic ring is 1. The molecule has 3 nitrogen and oxygen atoms in total. The van der Waals surface area contributed by atoms with Crippen LogP contribution in [0, 0.1) is 13.8 Å². The number of imidazole rings is 1. The van der Waals surface area contributed by atoms with E-state index in [1.54, 1.807) is 11.3 Å². The zero-order valence-electron chi connectivity index (χ0n) is 10.4. The number of pyridine rings is 1. The van der Waals surface area contributed by atoms with E-state index in [2.05, 4.69) is 49.8 Å². The average molecular weight is 401 g/mol. The molecule has 6 heteroatoms. The minimum atomic E-state index is 0.683. The summed E-state index contributed by atoms with van der Waals surface area (Å²) in [7, 11) is 0. The lowest BCUT2D eigenvalue weighted by molar-refractivity contribution is 1.09. The number of hydrogen-bond acceptors (Lipinski definition) is 3. The van der Waals surface area contributed by atoms with Gasteiger partial charge < -0.3 is 5.73 Å². The van der Waals surface area contributed by atoms with Crippen LogP contribution in [-0.2, 0) is 0 Å². The Morgan fingerprint density at radius 3 is 2.58 bits per heavy atom. The molecule has 0 bridgehead atoms. The van der Waals surface area contributed by atoms with Crippen LogP contribution in [0.4, 0.5) is 5.82 Å². The van der Waals surface area contributed by atoms with E-state index in [0.29, 0.717) is 5.82 Å². The topological polar surface area (TPSA) is 43.3 Å². The van der Waals surface area contributed by atoms with Gasteiger partial charge in [0.05, 0.1) is 4.88 Å². The second kappa shape index (κ2) is 4.61. The fourth-order valence-corrected chi connectivity index (χ4v) is 3.89. The lowest BCUT2D eigenvalue weighted by Gasteiger charge is -2.03. The molecule has 0 unspecified atom stereocenters. The van der Waals surface area contributed by atoms with Gasteiger partial charge in [-0.1, -0.05) is 0 Å². The molecule has 0 aliphatic heterocycles. The Labute approximate surface area is 131 Å². The highest BCUT2D eigenvalue weighted by molar-refractivity contribution is 9.10. The van der Waals surface area contributed by atoms with Gasteiger partial charge >= 0.3 is 0 Å². The maximum Gasteiger partial charge on any atom is 0.139 e. The van der Waals surface area contributed by atoms with E-state index in [1.165, 1.54) is 4.88 Å². The van der Waals surface area contributed by atoms with Crippen molar-refractivity contribution in [3.63, 3.8) is 0 Å². The van der Waals surface area contributed by atoms with Crippen LogP contribution in [0.1, 0.15) is 10.6 Å². The van der Waals surface area contributed by atoms with Crippen molar-refractivity contribution in [1.29, 1.82) is 0 Å². The number of nitrogens with zero attached hydrogens (tertiary/aromatic N) is 2. The Morgan fingerprint density at radius 2 is 1.95 bits per heavy atom. The molecular weight excluding hydrogens is 390 g/mol. The van der Waals surface area contributed by atoms with E-state index in [-0.39, 0.29) is 0 Å². The highest BCUT2D eigenvalue weighted by Gasteiger charge is 2.16. The fraction of sp³-hybridized carbons (Fsp3) is 0.154. The smallest absolute Gasteiger partial charge is 0.139 e. The van der Waals surface area contributed by atoms with Gasteiger partial charge in [-0.15, -0.1) is 11.3 Å². The number of anilines is 1. The quantitative estimate of drug-likeness (QED) is 0.638. The van der Waals surface area contributed by atoms with Gasteiger partial charge in [-0.3, -0.25) is 4.40 Å². The summed E-state index contributed by atoms with van der Waals surface area (Å²) < 4.78 is 4.10. The van der Waals surface area contributed by atoms with Gasteiger partial charge in [-0.2, -0.15) is 0 Å². The first-order valence-corrected chi connectivity index (χ1v) is 8.08. The van der Waals surface area contributed by atoms with Crippen molar-refractivity contribution in [3.8, 4) is 10.6 Å². The minimum absolute atomic E-state index is 0.683. The Kier molecular flexibility index (Phi) is 3.19. The van der Waals surface area contributed by atoms with Gasteiger partial charge in [-0.25, -0.2) is 4.98 Å². The number of rotatable bonds is 1. The molecule has 0 radical (unpaired) electrons. The van der Waals surface area contributed by atoms with E-state index in [0.717, 1.165) is 30.9 Å². The fourth-order valence-electron chi connectivity index (χ4n) is 2.05. The number of aryl methyl sites for hydroxylation is 2. The van der Waals surface area contributed by atoms with Crippen molar-refractivity contribution in [2.24, 2.45) is 0 Å². The van der Waals surface area contributed by atoms with Crippen molar-refractivity contribution < 1.29 is 0 Å². The van der Waals surface area contributed by atoms with Crippen molar-refractivity contribution >= 4 is 54.7 Å². The number of halogens is 2. The molecule has 3 rings (SSSR count). The zero-order chi connectivity index (χ0) is 13.7. The van der Waals surface area contributed by atoms with Crippen LogP contribution in [0.3, 0.4) is 0 Å². The number of hydrogen-bond donors (Lipinski definition) is 1. The first kappa shape index (κ1) is 13.1. The predicted octanol–water partition coefficient (Wildman–Crippen LogP) is 4.79. The zero-order valence-corrected chi connectivity index (χ0v) is 14.4. The molecule has 19 heavy (non-hydrogen) atoms. The average Bonchev–Trinajstić information content (AvgIpc) is 2.86. The molecule has 0 amide bonds. The highest BCUT2D eigenvalue weighted by Crippen LogP contribution is 2.37. The first-order valence-electron chi connectivity index (χ1n) is 5.68. The first-order chi connectivity index (χ1) is 8.99. The van der Waals surface area contributed by atoms with Crippen molar-refractivity contribution in [2.45, 2.75) is 13.8 Å². The molecule has 3 aromatic heterocycles. The minimum Gasteiger partial charge on any atom is -0.383 e. The summed E-state index contributed by atoms with van der Waals surface area (Å²) in [5.74, 6) is 0.683. The van der Waals surface area contributed by atoms with Crippen LogP contribution in [0.5, 0.6) is 0 Å². The van der Waals surface area contributed by atoms with E-state index in [4.69, 9.17) is 5.73 Å². The van der Waals surface area contributed by atoms with Gasteiger partial charge in [0.2, 0.25) is 0 Å². The highest BCUT2D eigenvalue weighted by atomic mass is 79.9. The summed E-state index contributed by atoms with van der Waals surface area (Å²) in [4.78, 5) is 6.96. The van der Waals surface area contributed by atoms with E-state index in [1.807, 2.05) is 23.5 Å². The molecule has 0 aliphatic carbocycles. The summed E-state index contributed by atoms with van der Waals surface area (Å²) in [6.45, 7) is 4.10. The maximum atomic E-state index is 6.27. The molecule has 0 saturated heterocycles. The van der Waals surface area contributed by atoms with Crippen LogP contribution >= 0.6 is 43.2 Å². The number of aromatic nitrogens is 2. The third-order valence-electron chi connectivity index (χ3n) is 3.09. The lowest BCUT2D eigenvalue weighted by atomic mass is 10.3.